The molecule has 0 fully saturated rings. The highest BCUT2D eigenvalue weighted by atomic mass is 35.5. The number of nitriles is 1. The Morgan fingerprint density at radius 2 is 1.75 bits per heavy atom. The molecule has 2 amide bonds. The molecule has 0 saturated heterocycles. The van der Waals surface area contributed by atoms with Crippen molar-refractivity contribution in [2.75, 3.05) is 11.5 Å². The van der Waals surface area contributed by atoms with Crippen LogP contribution in [0.2, 0.25) is 5.02 Å². The maximum absolute atomic E-state index is 12.5. The van der Waals surface area contributed by atoms with Gasteiger partial charge in [-0.15, -0.1) is 0 Å². The lowest BCUT2D eigenvalue weighted by Gasteiger charge is -2.13. The Morgan fingerprint density at radius 3 is 2.42 bits per heavy atom. The zero-order valence-electron chi connectivity index (χ0n) is 12.2. The normalized spacial score (nSPS) is 12.8. The van der Waals surface area contributed by atoms with E-state index < -0.39 is 17.8 Å². The quantitative estimate of drug-likeness (QED) is 0.633. The van der Waals surface area contributed by atoms with Crippen LogP contribution >= 0.6 is 11.6 Å². The second-order valence-corrected chi connectivity index (χ2v) is 5.35. The number of rotatable bonds is 3. The summed E-state index contributed by atoms with van der Waals surface area (Å²) in [6.45, 7) is -0.389. The van der Waals surface area contributed by atoms with Gasteiger partial charge in [0.05, 0.1) is 22.4 Å². The molecular weight excluding hydrogens is 332 g/mol. The lowest BCUT2D eigenvalue weighted by atomic mass is 10.1. The van der Waals surface area contributed by atoms with E-state index in [9.17, 15) is 14.4 Å². The van der Waals surface area contributed by atoms with Crippen molar-refractivity contribution in [1.29, 1.82) is 5.26 Å². The first-order chi connectivity index (χ1) is 11.5. The summed E-state index contributed by atoms with van der Waals surface area (Å²) >= 11 is 5.81. The van der Waals surface area contributed by atoms with Gasteiger partial charge >= 0.3 is 5.97 Å². The van der Waals surface area contributed by atoms with Gasteiger partial charge in [-0.05, 0) is 42.5 Å². The monoisotopic (exact) mass is 340 g/mol. The van der Waals surface area contributed by atoms with E-state index in [4.69, 9.17) is 21.6 Å². The highest BCUT2D eigenvalue weighted by Gasteiger charge is 2.37. The van der Waals surface area contributed by atoms with E-state index in [-0.39, 0.29) is 23.3 Å². The minimum absolute atomic E-state index is 0.100. The summed E-state index contributed by atoms with van der Waals surface area (Å²) in [7, 11) is 0. The van der Waals surface area contributed by atoms with Crippen LogP contribution in [-0.2, 0) is 4.74 Å². The van der Waals surface area contributed by atoms with Crippen LogP contribution in [0, 0.1) is 11.3 Å². The van der Waals surface area contributed by atoms with Crippen molar-refractivity contribution in [2.45, 2.75) is 0 Å². The van der Waals surface area contributed by atoms with Crippen molar-refractivity contribution in [3.63, 3.8) is 0 Å². The van der Waals surface area contributed by atoms with E-state index in [1.165, 1.54) is 18.2 Å². The molecule has 1 aliphatic rings. The van der Waals surface area contributed by atoms with Gasteiger partial charge in [0.25, 0.3) is 11.8 Å². The lowest BCUT2D eigenvalue weighted by molar-refractivity contribution is 0.0554. The summed E-state index contributed by atoms with van der Waals surface area (Å²) in [6.07, 6.45) is 0. The van der Waals surface area contributed by atoms with Gasteiger partial charge in [-0.2, -0.15) is 5.26 Å². The molecule has 0 aromatic heterocycles. The number of ether oxygens (including phenoxy) is 1. The largest absolute Gasteiger partial charge is 0.447 e. The molecule has 118 valence electrons. The number of hydrogen-bond acceptors (Lipinski definition) is 5. The van der Waals surface area contributed by atoms with Gasteiger partial charge in [-0.3, -0.25) is 9.59 Å². The summed E-state index contributed by atoms with van der Waals surface area (Å²) in [4.78, 5) is 37.8. The summed E-state index contributed by atoms with van der Waals surface area (Å²) in [5.74, 6) is -1.74. The van der Waals surface area contributed by atoms with E-state index in [1.54, 1.807) is 30.3 Å². The second kappa shape index (κ2) is 6.14. The minimum Gasteiger partial charge on any atom is -0.447 e. The fourth-order valence-electron chi connectivity index (χ4n) is 2.37. The van der Waals surface area contributed by atoms with Gasteiger partial charge in [0.2, 0.25) is 0 Å². The van der Waals surface area contributed by atoms with Crippen LogP contribution < -0.4 is 4.90 Å². The molecule has 7 heteroatoms. The average molecular weight is 341 g/mol. The first kappa shape index (κ1) is 15.7. The lowest BCUT2D eigenvalue weighted by Crippen LogP contribution is -2.29. The van der Waals surface area contributed by atoms with Gasteiger partial charge in [0.15, 0.2) is 6.61 Å². The molecule has 6 nitrogen and oxygen atoms in total. The molecule has 3 rings (SSSR count). The maximum Gasteiger partial charge on any atom is 0.339 e. The number of fused-ring (bicyclic) bond motifs is 1. The molecule has 2 aromatic rings. The number of carbonyl (C=O) groups is 3. The molecule has 24 heavy (non-hydrogen) atoms. The first-order valence-corrected chi connectivity index (χ1v) is 7.23. The Morgan fingerprint density at radius 1 is 1.08 bits per heavy atom. The summed E-state index contributed by atoms with van der Waals surface area (Å²) < 4.78 is 4.70. The molecule has 0 aliphatic carbocycles. The molecular formula is C17H9ClN2O4. The zero-order chi connectivity index (χ0) is 17.3. The predicted octanol–water partition coefficient (Wildman–Crippen LogP) is 2.82. The molecule has 0 saturated carbocycles. The molecule has 0 radical (unpaired) electrons. The van der Waals surface area contributed by atoms with Gasteiger partial charge in [0.1, 0.15) is 6.07 Å². The average Bonchev–Trinajstić information content (AvgIpc) is 2.84. The minimum atomic E-state index is -0.732. The van der Waals surface area contributed by atoms with Crippen molar-refractivity contribution in [3.8, 4) is 6.07 Å². The number of hydrogen-bond donors (Lipinski definition) is 0. The van der Waals surface area contributed by atoms with Crippen LogP contribution in [0.25, 0.3) is 0 Å². The number of esters is 1. The van der Waals surface area contributed by atoms with Crippen LogP contribution in [0.4, 0.5) is 5.69 Å². The summed E-state index contributed by atoms with van der Waals surface area (Å²) in [6, 6.07) is 12.0. The second-order valence-electron chi connectivity index (χ2n) is 4.92. The molecule has 0 atom stereocenters. The number of anilines is 1. The Balaban J connectivity index is 1.96. The molecule has 0 spiro atoms. The highest BCUT2D eigenvalue weighted by molar-refractivity contribution is 6.35. The number of halogens is 1. The fraction of sp³-hybridized carbons (Fsp3) is 0.0588. The standard InChI is InChI=1S/C17H9ClN2O4/c18-11-2-4-12(5-3-11)20-15(21)13-6-1-10(9-14(13)16(20)22)17(23)24-8-7-19/h1-6,9H,8H2. The molecule has 0 bridgehead atoms. The first-order valence-electron chi connectivity index (χ1n) is 6.85. The van der Waals surface area contributed by atoms with E-state index in [0.29, 0.717) is 10.7 Å². The summed E-state index contributed by atoms with van der Waals surface area (Å²) in [5, 5.41) is 8.92. The van der Waals surface area contributed by atoms with Crippen LogP contribution in [0.5, 0.6) is 0 Å². The van der Waals surface area contributed by atoms with Gasteiger partial charge in [0, 0.05) is 5.02 Å². The third-order valence-corrected chi connectivity index (χ3v) is 3.73. The Kier molecular flexibility index (Phi) is 4.02. The molecule has 0 N–H and O–H groups in total. The van der Waals surface area contributed by atoms with Crippen LogP contribution in [0.15, 0.2) is 42.5 Å². The van der Waals surface area contributed by atoms with Crippen LogP contribution in [0.3, 0.4) is 0 Å². The van der Waals surface area contributed by atoms with E-state index in [0.717, 1.165) is 4.90 Å². The number of imide groups is 1. The molecule has 1 aliphatic heterocycles. The third-order valence-electron chi connectivity index (χ3n) is 3.47. The maximum atomic E-state index is 12.5. The van der Waals surface area contributed by atoms with Gasteiger partial charge < -0.3 is 4.74 Å². The Labute approximate surface area is 141 Å². The van der Waals surface area contributed by atoms with Crippen molar-refractivity contribution in [1.82, 2.24) is 0 Å². The molecule has 1 heterocycles. The third kappa shape index (κ3) is 2.62. The molecule has 2 aromatic carbocycles. The Bertz CT molecular complexity index is 900. The number of nitrogens with zero attached hydrogens (tertiary/aromatic N) is 2. The Hall–Kier alpha value is -3.17. The van der Waals surface area contributed by atoms with E-state index in [1.807, 2.05) is 0 Å². The topological polar surface area (TPSA) is 87.5 Å². The number of benzene rings is 2. The van der Waals surface area contributed by atoms with Crippen molar-refractivity contribution in [2.24, 2.45) is 0 Å². The van der Waals surface area contributed by atoms with Crippen LogP contribution in [-0.4, -0.2) is 24.4 Å². The summed E-state index contributed by atoms with van der Waals surface area (Å²) in [5.41, 5.74) is 0.801. The van der Waals surface area contributed by atoms with Crippen molar-refractivity contribution >= 4 is 35.1 Å². The predicted molar refractivity (Wildman–Crippen MR) is 84.9 cm³/mol. The van der Waals surface area contributed by atoms with Gasteiger partial charge in [-0.1, -0.05) is 11.6 Å². The SMILES string of the molecule is N#CCOC(=O)c1ccc2c(c1)C(=O)N(c1ccc(Cl)cc1)C2=O. The zero-order valence-corrected chi connectivity index (χ0v) is 12.9. The number of amides is 2. The van der Waals surface area contributed by atoms with Gasteiger partial charge in [-0.25, -0.2) is 9.69 Å². The molecule has 0 unspecified atom stereocenters. The van der Waals surface area contributed by atoms with E-state index >= 15 is 0 Å². The van der Waals surface area contributed by atoms with Crippen LogP contribution in [0.1, 0.15) is 31.1 Å². The van der Waals surface area contributed by atoms with Crippen molar-refractivity contribution in [3.05, 3.63) is 64.2 Å². The number of carbonyl (C=O) groups excluding carboxylic acids is 3. The van der Waals surface area contributed by atoms with Crippen molar-refractivity contribution < 1.29 is 19.1 Å². The highest BCUT2D eigenvalue weighted by Crippen LogP contribution is 2.29. The smallest absolute Gasteiger partial charge is 0.339 e. The fourth-order valence-corrected chi connectivity index (χ4v) is 2.50. The van der Waals surface area contributed by atoms with E-state index in [2.05, 4.69) is 0 Å².